The lowest BCUT2D eigenvalue weighted by molar-refractivity contribution is -0.136. The minimum absolute atomic E-state index is 0.0995. The van der Waals surface area contributed by atoms with Gasteiger partial charge in [0.05, 0.1) is 6.54 Å². The zero-order valence-electron chi connectivity index (χ0n) is 19.5. The van der Waals surface area contributed by atoms with Gasteiger partial charge >= 0.3 is 0 Å². The molecule has 1 aromatic rings. The fourth-order valence-corrected chi connectivity index (χ4v) is 5.05. The van der Waals surface area contributed by atoms with Crippen LogP contribution in [0.4, 0.5) is 0 Å². The molecule has 4 rings (SSSR count). The zero-order valence-corrected chi connectivity index (χ0v) is 19.5. The van der Waals surface area contributed by atoms with Crippen LogP contribution in [0.25, 0.3) is 0 Å². The van der Waals surface area contributed by atoms with Crippen molar-refractivity contribution in [1.82, 2.24) is 15.1 Å². The molecule has 2 bridgehead atoms. The molecule has 2 heterocycles. The second kappa shape index (κ2) is 10.5. The van der Waals surface area contributed by atoms with E-state index >= 15 is 0 Å². The lowest BCUT2D eigenvalue weighted by Gasteiger charge is -2.41. The molecule has 3 aliphatic rings. The predicted octanol–water partition coefficient (Wildman–Crippen LogP) is 3.37. The highest BCUT2D eigenvalue weighted by molar-refractivity contribution is 5.79. The standard InChI is InChI=1S/C26H37N3O3/c1-19(2)27-25(30)15-20-12-13-28-16-21(20)8-6-14-32-24-11-4-3-7-22(24)17-29(18-26(28)31)23-9-5-10-23/h3-4,6-8,11,19-21,23H,5,9-10,12-18H2,1-2H3,(H,27,30)/t20-,21-/m0/s1. The first-order valence-electron chi connectivity index (χ1n) is 12.2. The number of ether oxygens (including phenoxy) is 1. The third kappa shape index (κ3) is 5.71. The highest BCUT2D eigenvalue weighted by Gasteiger charge is 2.34. The topological polar surface area (TPSA) is 61.9 Å². The highest BCUT2D eigenvalue weighted by atomic mass is 16.5. The van der Waals surface area contributed by atoms with Crippen LogP contribution in [-0.4, -0.2) is 59.9 Å². The first-order valence-corrected chi connectivity index (χ1v) is 12.2. The van der Waals surface area contributed by atoms with Crippen molar-refractivity contribution in [3.63, 3.8) is 0 Å². The molecule has 32 heavy (non-hydrogen) atoms. The van der Waals surface area contributed by atoms with Crippen molar-refractivity contribution >= 4 is 11.8 Å². The Labute approximate surface area is 192 Å². The van der Waals surface area contributed by atoms with E-state index in [0.717, 1.165) is 43.7 Å². The summed E-state index contributed by atoms with van der Waals surface area (Å²) < 4.78 is 6.12. The minimum Gasteiger partial charge on any atom is -0.489 e. The van der Waals surface area contributed by atoms with Crippen LogP contribution in [-0.2, 0) is 16.1 Å². The zero-order chi connectivity index (χ0) is 22.5. The molecule has 2 fully saturated rings. The van der Waals surface area contributed by atoms with Crippen molar-refractivity contribution in [2.45, 2.75) is 64.6 Å². The molecule has 6 nitrogen and oxygen atoms in total. The molecule has 0 radical (unpaired) electrons. The van der Waals surface area contributed by atoms with Gasteiger partial charge in [0.15, 0.2) is 0 Å². The normalized spacial score (nSPS) is 25.1. The van der Waals surface area contributed by atoms with Gasteiger partial charge in [0.2, 0.25) is 11.8 Å². The Hall–Kier alpha value is -2.34. The van der Waals surface area contributed by atoms with Crippen molar-refractivity contribution in [1.29, 1.82) is 0 Å². The first kappa shape index (κ1) is 22.8. The summed E-state index contributed by atoms with van der Waals surface area (Å²) in [6, 6.07) is 8.79. The number of benzene rings is 1. The monoisotopic (exact) mass is 439 g/mol. The van der Waals surface area contributed by atoms with Crippen molar-refractivity contribution in [2.24, 2.45) is 11.8 Å². The van der Waals surface area contributed by atoms with Gasteiger partial charge in [0.25, 0.3) is 0 Å². The molecule has 0 spiro atoms. The van der Waals surface area contributed by atoms with Crippen LogP contribution >= 0.6 is 0 Å². The molecule has 1 saturated carbocycles. The summed E-state index contributed by atoms with van der Waals surface area (Å²) in [6.45, 7) is 7.08. The van der Waals surface area contributed by atoms with E-state index in [0.29, 0.717) is 32.2 Å². The quantitative estimate of drug-likeness (QED) is 0.731. The van der Waals surface area contributed by atoms with Gasteiger partial charge < -0.3 is 15.0 Å². The smallest absolute Gasteiger partial charge is 0.236 e. The van der Waals surface area contributed by atoms with E-state index in [1.807, 2.05) is 36.9 Å². The van der Waals surface area contributed by atoms with Gasteiger partial charge in [-0.15, -0.1) is 0 Å². The number of rotatable bonds is 4. The number of carbonyl (C=O) groups excluding carboxylic acids is 2. The van der Waals surface area contributed by atoms with Gasteiger partial charge in [0, 0.05) is 43.7 Å². The Bertz CT molecular complexity index is 833. The lowest BCUT2D eigenvalue weighted by atomic mass is 9.82. The summed E-state index contributed by atoms with van der Waals surface area (Å²) in [5, 5.41) is 3.02. The molecule has 6 heteroatoms. The van der Waals surface area contributed by atoms with E-state index in [1.54, 1.807) is 0 Å². The van der Waals surface area contributed by atoms with E-state index in [1.165, 1.54) is 6.42 Å². The van der Waals surface area contributed by atoms with Crippen molar-refractivity contribution < 1.29 is 14.3 Å². The minimum atomic E-state index is 0.0995. The molecule has 2 aliphatic heterocycles. The van der Waals surface area contributed by atoms with E-state index in [2.05, 4.69) is 28.4 Å². The molecule has 1 N–H and O–H groups in total. The molecule has 2 amide bonds. The molecule has 174 valence electrons. The lowest BCUT2D eigenvalue weighted by Crippen LogP contribution is -2.50. The highest BCUT2D eigenvalue weighted by Crippen LogP contribution is 2.31. The van der Waals surface area contributed by atoms with Crippen LogP contribution in [0, 0.1) is 11.8 Å². The third-order valence-electron chi connectivity index (χ3n) is 7.05. The molecule has 1 saturated heterocycles. The number of nitrogens with one attached hydrogen (secondary N) is 1. The Kier molecular flexibility index (Phi) is 7.51. The average Bonchev–Trinajstić information content (AvgIpc) is 2.71. The number of carbonyl (C=O) groups is 2. The first-order chi connectivity index (χ1) is 15.5. The van der Waals surface area contributed by atoms with Gasteiger partial charge in [-0.3, -0.25) is 14.5 Å². The van der Waals surface area contributed by atoms with E-state index in [-0.39, 0.29) is 29.7 Å². The van der Waals surface area contributed by atoms with Crippen LogP contribution < -0.4 is 10.1 Å². The summed E-state index contributed by atoms with van der Waals surface area (Å²) >= 11 is 0. The average molecular weight is 440 g/mol. The SMILES string of the molecule is CC(C)NC(=O)C[C@@H]1CCN2C[C@@H]1C=CCOc1ccccc1CN(C1CCC1)CC2=O. The fraction of sp³-hybridized carbons (Fsp3) is 0.615. The molecular formula is C26H37N3O3. The van der Waals surface area contributed by atoms with Crippen molar-refractivity contribution in [3.05, 3.63) is 42.0 Å². The van der Waals surface area contributed by atoms with Crippen LogP contribution in [0.2, 0.25) is 0 Å². The fourth-order valence-electron chi connectivity index (χ4n) is 5.05. The van der Waals surface area contributed by atoms with Gasteiger partial charge in [-0.1, -0.05) is 36.8 Å². The van der Waals surface area contributed by atoms with Crippen LogP contribution in [0.15, 0.2) is 36.4 Å². The van der Waals surface area contributed by atoms with Gasteiger partial charge in [-0.25, -0.2) is 0 Å². The molecule has 1 aromatic carbocycles. The van der Waals surface area contributed by atoms with E-state index < -0.39 is 0 Å². The largest absolute Gasteiger partial charge is 0.489 e. The van der Waals surface area contributed by atoms with Crippen LogP contribution in [0.3, 0.4) is 0 Å². The summed E-state index contributed by atoms with van der Waals surface area (Å²) in [4.78, 5) is 30.1. The van der Waals surface area contributed by atoms with Gasteiger partial charge in [0.1, 0.15) is 12.4 Å². The number of nitrogens with zero attached hydrogens (tertiary/aromatic N) is 2. The number of fused-ring (bicyclic) bond motifs is 3. The third-order valence-corrected chi connectivity index (χ3v) is 7.05. The molecular weight excluding hydrogens is 402 g/mol. The van der Waals surface area contributed by atoms with Gasteiger partial charge in [-0.05, 0) is 51.0 Å². The summed E-state index contributed by atoms with van der Waals surface area (Å²) in [5.41, 5.74) is 1.14. The van der Waals surface area contributed by atoms with Gasteiger partial charge in [-0.2, -0.15) is 0 Å². The van der Waals surface area contributed by atoms with Crippen LogP contribution in [0.5, 0.6) is 5.75 Å². The van der Waals surface area contributed by atoms with Crippen molar-refractivity contribution in [3.8, 4) is 5.75 Å². The summed E-state index contributed by atoms with van der Waals surface area (Å²) in [7, 11) is 0. The second-order valence-corrected chi connectivity index (χ2v) is 9.82. The summed E-state index contributed by atoms with van der Waals surface area (Å²) in [6.07, 6.45) is 9.15. The molecule has 2 atom stereocenters. The van der Waals surface area contributed by atoms with E-state index in [9.17, 15) is 9.59 Å². The molecule has 0 aromatic heterocycles. The molecule has 1 aliphatic carbocycles. The van der Waals surface area contributed by atoms with Crippen LogP contribution in [0.1, 0.15) is 51.5 Å². The maximum absolute atomic E-state index is 13.3. The predicted molar refractivity (Wildman–Crippen MR) is 125 cm³/mol. The summed E-state index contributed by atoms with van der Waals surface area (Å²) in [5.74, 6) is 1.61. The Balaban J connectivity index is 1.53. The number of para-hydroxylation sites is 1. The number of piperidine rings is 1. The number of hydrogen-bond acceptors (Lipinski definition) is 4. The Morgan fingerprint density at radius 3 is 2.75 bits per heavy atom. The van der Waals surface area contributed by atoms with Crippen molar-refractivity contribution in [2.75, 3.05) is 26.2 Å². The maximum Gasteiger partial charge on any atom is 0.236 e. The number of amides is 2. The molecule has 0 unspecified atom stereocenters. The Morgan fingerprint density at radius 1 is 1.19 bits per heavy atom. The number of hydrogen-bond donors (Lipinski definition) is 1. The maximum atomic E-state index is 13.3. The second-order valence-electron chi connectivity index (χ2n) is 9.82. The van der Waals surface area contributed by atoms with E-state index in [4.69, 9.17) is 4.74 Å². The Morgan fingerprint density at radius 2 is 2.00 bits per heavy atom.